The fourth-order valence-corrected chi connectivity index (χ4v) is 4.59. The first-order chi connectivity index (χ1) is 14.5. The van der Waals surface area contributed by atoms with Gasteiger partial charge < -0.3 is 14.4 Å². The molecule has 0 radical (unpaired) electrons. The Morgan fingerprint density at radius 3 is 2.27 bits per heavy atom. The molecule has 0 saturated heterocycles. The first-order valence-electron chi connectivity index (χ1n) is 9.61. The molecule has 0 saturated carbocycles. The van der Waals surface area contributed by atoms with Crippen molar-refractivity contribution < 1.29 is 18.3 Å². The third kappa shape index (κ3) is 4.53. The maximum atomic E-state index is 12.9. The number of sulfone groups is 1. The standard InChI is InChI=1S/C23H22N2O4S/c26-18(16-29-19-9-3-1-4-10-19)15-25-22-14-8-7-13-21(22)24-23(25)17-30(27,28)20-11-5-2-6-12-20/h1-14,18,26H,15-17H2/t18-/m1/s1. The number of hydrogen-bond donors (Lipinski definition) is 1. The first-order valence-corrected chi connectivity index (χ1v) is 11.3. The number of benzene rings is 3. The number of rotatable bonds is 8. The van der Waals surface area contributed by atoms with Gasteiger partial charge in [-0.25, -0.2) is 13.4 Å². The fourth-order valence-electron chi connectivity index (χ4n) is 3.29. The summed E-state index contributed by atoms with van der Waals surface area (Å²) in [7, 11) is -3.57. The van der Waals surface area contributed by atoms with Crippen molar-refractivity contribution in [2.75, 3.05) is 6.61 Å². The highest BCUT2D eigenvalue weighted by atomic mass is 32.2. The van der Waals surface area contributed by atoms with E-state index in [1.165, 1.54) is 0 Å². The Balaban J connectivity index is 1.59. The number of para-hydroxylation sites is 3. The summed E-state index contributed by atoms with van der Waals surface area (Å²) >= 11 is 0. The van der Waals surface area contributed by atoms with Gasteiger partial charge in [-0.15, -0.1) is 0 Å². The SMILES string of the molecule is O=S(=O)(Cc1nc2ccccc2n1C[C@@H](O)COc1ccccc1)c1ccccc1. The van der Waals surface area contributed by atoms with E-state index >= 15 is 0 Å². The molecular formula is C23H22N2O4S. The normalized spacial score (nSPS) is 12.7. The number of aliphatic hydroxyl groups is 1. The predicted octanol–water partition coefficient (Wildman–Crippen LogP) is 3.45. The molecule has 0 unspecified atom stereocenters. The molecule has 0 bridgehead atoms. The molecule has 4 aromatic rings. The molecule has 30 heavy (non-hydrogen) atoms. The quantitative estimate of drug-likeness (QED) is 0.470. The molecule has 0 aliphatic heterocycles. The first kappa shape index (κ1) is 20.1. The monoisotopic (exact) mass is 422 g/mol. The van der Waals surface area contributed by atoms with Crippen molar-refractivity contribution in [2.45, 2.75) is 23.3 Å². The summed E-state index contributed by atoms with van der Waals surface area (Å²) in [5.41, 5.74) is 1.46. The van der Waals surface area contributed by atoms with E-state index in [-0.39, 0.29) is 23.8 Å². The number of ether oxygens (including phenoxy) is 1. The molecule has 1 aromatic heterocycles. The Morgan fingerprint density at radius 1 is 0.900 bits per heavy atom. The van der Waals surface area contributed by atoms with Crippen LogP contribution in [0, 0.1) is 0 Å². The lowest BCUT2D eigenvalue weighted by Gasteiger charge is -2.16. The molecule has 1 atom stereocenters. The van der Waals surface area contributed by atoms with Crippen LogP contribution < -0.4 is 4.74 Å². The lowest BCUT2D eigenvalue weighted by atomic mass is 10.3. The van der Waals surface area contributed by atoms with Crippen LogP contribution in [-0.2, 0) is 22.1 Å². The van der Waals surface area contributed by atoms with Crippen molar-refractivity contribution in [3.05, 3.63) is 90.8 Å². The summed E-state index contributed by atoms with van der Waals surface area (Å²) in [5, 5.41) is 10.6. The Hall–Kier alpha value is -3.16. The summed E-state index contributed by atoms with van der Waals surface area (Å²) in [6, 6.07) is 25.0. The Labute approximate surface area is 175 Å². The topological polar surface area (TPSA) is 81.4 Å². The summed E-state index contributed by atoms with van der Waals surface area (Å²) in [6.07, 6.45) is -0.832. The van der Waals surface area contributed by atoms with E-state index in [1.54, 1.807) is 34.9 Å². The van der Waals surface area contributed by atoms with E-state index in [2.05, 4.69) is 4.98 Å². The van der Waals surface area contributed by atoms with E-state index < -0.39 is 15.9 Å². The third-order valence-electron chi connectivity index (χ3n) is 4.73. The Morgan fingerprint density at radius 2 is 1.53 bits per heavy atom. The molecule has 3 aromatic carbocycles. The van der Waals surface area contributed by atoms with Crippen LogP contribution in [0.4, 0.5) is 0 Å². The van der Waals surface area contributed by atoms with Crippen LogP contribution in [0.5, 0.6) is 5.75 Å². The second-order valence-electron chi connectivity index (χ2n) is 6.98. The molecule has 0 spiro atoms. The minimum atomic E-state index is -3.57. The molecular weight excluding hydrogens is 400 g/mol. The van der Waals surface area contributed by atoms with E-state index in [1.807, 2.05) is 54.6 Å². The largest absolute Gasteiger partial charge is 0.491 e. The average molecular weight is 423 g/mol. The van der Waals surface area contributed by atoms with Crippen LogP contribution in [0.15, 0.2) is 89.8 Å². The highest BCUT2D eigenvalue weighted by Crippen LogP contribution is 2.21. The van der Waals surface area contributed by atoms with Gasteiger partial charge in [-0.2, -0.15) is 0 Å². The minimum absolute atomic E-state index is 0.0847. The molecule has 4 rings (SSSR count). The lowest BCUT2D eigenvalue weighted by Crippen LogP contribution is -2.25. The van der Waals surface area contributed by atoms with E-state index in [0.29, 0.717) is 17.1 Å². The fraction of sp³-hybridized carbons (Fsp3) is 0.174. The molecule has 154 valence electrons. The zero-order valence-electron chi connectivity index (χ0n) is 16.3. The van der Waals surface area contributed by atoms with Gasteiger partial charge in [0.2, 0.25) is 0 Å². The molecule has 0 aliphatic carbocycles. The number of fused-ring (bicyclic) bond motifs is 1. The summed E-state index contributed by atoms with van der Waals surface area (Å²) in [6.45, 7) is 0.258. The molecule has 1 heterocycles. The molecule has 6 nitrogen and oxygen atoms in total. The average Bonchev–Trinajstić information content (AvgIpc) is 3.10. The molecule has 7 heteroatoms. The van der Waals surface area contributed by atoms with Crippen molar-refractivity contribution in [3.63, 3.8) is 0 Å². The maximum Gasteiger partial charge on any atom is 0.185 e. The van der Waals surface area contributed by atoms with Gasteiger partial charge in [0.15, 0.2) is 9.84 Å². The highest BCUT2D eigenvalue weighted by molar-refractivity contribution is 7.90. The van der Waals surface area contributed by atoms with Gasteiger partial charge in [0, 0.05) is 0 Å². The molecule has 1 N–H and O–H groups in total. The van der Waals surface area contributed by atoms with Gasteiger partial charge >= 0.3 is 0 Å². The van der Waals surface area contributed by atoms with E-state index in [0.717, 1.165) is 5.52 Å². The summed E-state index contributed by atoms with van der Waals surface area (Å²) in [4.78, 5) is 4.77. The van der Waals surface area contributed by atoms with Gasteiger partial charge in [0.05, 0.1) is 22.5 Å². The van der Waals surface area contributed by atoms with Crippen LogP contribution in [0.1, 0.15) is 5.82 Å². The van der Waals surface area contributed by atoms with Crippen molar-refractivity contribution in [1.82, 2.24) is 9.55 Å². The molecule has 0 amide bonds. The number of hydrogen-bond acceptors (Lipinski definition) is 5. The van der Waals surface area contributed by atoms with Gasteiger partial charge in [0.1, 0.15) is 30.0 Å². The van der Waals surface area contributed by atoms with Gasteiger partial charge in [-0.1, -0.05) is 48.5 Å². The highest BCUT2D eigenvalue weighted by Gasteiger charge is 2.22. The van der Waals surface area contributed by atoms with Crippen molar-refractivity contribution >= 4 is 20.9 Å². The minimum Gasteiger partial charge on any atom is -0.491 e. The molecule has 0 fully saturated rings. The maximum absolute atomic E-state index is 12.9. The third-order valence-corrected chi connectivity index (χ3v) is 6.36. The van der Waals surface area contributed by atoms with Gasteiger partial charge in [-0.3, -0.25) is 0 Å². The Bertz CT molecular complexity index is 1220. The second-order valence-corrected chi connectivity index (χ2v) is 8.97. The second kappa shape index (κ2) is 8.69. The van der Waals surface area contributed by atoms with Crippen molar-refractivity contribution in [3.8, 4) is 5.75 Å². The molecule has 0 aliphatic rings. The Kier molecular flexibility index (Phi) is 5.83. The number of nitrogens with zero attached hydrogens (tertiary/aromatic N) is 2. The van der Waals surface area contributed by atoms with Gasteiger partial charge in [0.25, 0.3) is 0 Å². The number of imidazole rings is 1. The smallest absolute Gasteiger partial charge is 0.185 e. The zero-order chi connectivity index (χ0) is 21.0. The van der Waals surface area contributed by atoms with Crippen LogP contribution in [0.3, 0.4) is 0 Å². The van der Waals surface area contributed by atoms with Crippen LogP contribution >= 0.6 is 0 Å². The summed E-state index contributed by atoms with van der Waals surface area (Å²) < 4.78 is 33.2. The zero-order valence-corrected chi connectivity index (χ0v) is 17.1. The van der Waals surface area contributed by atoms with Crippen LogP contribution in [-0.4, -0.2) is 35.8 Å². The predicted molar refractivity (Wildman–Crippen MR) is 115 cm³/mol. The van der Waals surface area contributed by atoms with Crippen molar-refractivity contribution in [1.29, 1.82) is 0 Å². The number of aliphatic hydroxyl groups excluding tert-OH is 1. The van der Waals surface area contributed by atoms with Crippen molar-refractivity contribution in [2.24, 2.45) is 0 Å². The van der Waals surface area contributed by atoms with E-state index in [4.69, 9.17) is 4.74 Å². The number of aromatic nitrogens is 2. The van der Waals surface area contributed by atoms with Gasteiger partial charge in [-0.05, 0) is 36.4 Å². The van der Waals surface area contributed by atoms with Crippen LogP contribution in [0.25, 0.3) is 11.0 Å². The van der Waals surface area contributed by atoms with E-state index in [9.17, 15) is 13.5 Å². The lowest BCUT2D eigenvalue weighted by molar-refractivity contribution is 0.0928. The summed E-state index contributed by atoms with van der Waals surface area (Å²) in [5.74, 6) is 0.801. The van der Waals surface area contributed by atoms with Crippen LogP contribution in [0.2, 0.25) is 0 Å².